The van der Waals surface area contributed by atoms with Gasteiger partial charge < -0.3 is 21.1 Å². The average Bonchev–Trinajstić information content (AvgIpc) is 2.73. The van der Waals surface area contributed by atoms with Crippen LogP contribution in [-0.4, -0.2) is 30.0 Å². The smallest absolute Gasteiger partial charge is 0.408 e. The van der Waals surface area contributed by atoms with Crippen molar-refractivity contribution in [2.45, 2.75) is 77.5 Å². The van der Waals surface area contributed by atoms with E-state index in [4.69, 9.17) is 10.5 Å². The normalized spacial score (nSPS) is 12.6. The van der Waals surface area contributed by atoms with Crippen LogP contribution in [0.4, 0.5) is 4.79 Å². The molecule has 0 bridgehead atoms. The lowest BCUT2D eigenvalue weighted by Gasteiger charge is -2.23. The molecule has 0 aromatic heterocycles. The standard InChI is InChI=1S/C24H37N3O4/c1-4-5-6-7-8-12-15-20(22(25)28)26-23(29)21(16-18(2)3)27-24(30)31-17-19-13-10-9-11-14-19/h4,9-11,13-14,18,20-21H,1,5-8,12,15-17H2,2-3H3,(H2,25,28)(H,26,29)(H,27,30)/t20-,21-/m0/s1. The average molecular weight is 432 g/mol. The van der Waals surface area contributed by atoms with Crippen LogP contribution in [0.25, 0.3) is 0 Å². The van der Waals surface area contributed by atoms with Crippen molar-refractivity contribution in [3.8, 4) is 0 Å². The van der Waals surface area contributed by atoms with Crippen LogP contribution in [0.5, 0.6) is 0 Å². The quantitative estimate of drug-likeness (QED) is 0.289. The molecule has 31 heavy (non-hydrogen) atoms. The van der Waals surface area contributed by atoms with Gasteiger partial charge in [-0.2, -0.15) is 0 Å². The molecule has 0 spiro atoms. The van der Waals surface area contributed by atoms with Crippen LogP contribution in [0.15, 0.2) is 43.0 Å². The van der Waals surface area contributed by atoms with Crippen molar-refractivity contribution in [1.29, 1.82) is 0 Å². The second kappa shape index (κ2) is 15.0. The first-order valence-electron chi connectivity index (χ1n) is 11.0. The minimum atomic E-state index is -0.808. The molecule has 4 N–H and O–H groups in total. The number of hydrogen-bond acceptors (Lipinski definition) is 4. The first kappa shape index (κ1) is 26.2. The summed E-state index contributed by atoms with van der Waals surface area (Å²) in [6.07, 6.45) is 6.90. The van der Waals surface area contributed by atoms with Gasteiger partial charge in [0.1, 0.15) is 18.7 Å². The molecule has 1 aromatic rings. The third-order valence-corrected chi connectivity index (χ3v) is 4.84. The van der Waals surface area contributed by atoms with Gasteiger partial charge in [0.05, 0.1) is 0 Å². The summed E-state index contributed by atoms with van der Waals surface area (Å²) in [5.41, 5.74) is 6.33. The van der Waals surface area contributed by atoms with E-state index in [1.165, 1.54) is 0 Å². The first-order valence-corrected chi connectivity index (χ1v) is 11.0. The number of hydrogen-bond donors (Lipinski definition) is 3. The lowest BCUT2D eigenvalue weighted by atomic mass is 10.0. The fraction of sp³-hybridized carbons (Fsp3) is 0.542. The minimum Gasteiger partial charge on any atom is -0.445 e. The van der Waals surface area contributed by atoms with E-state index in [2.05, 4.69) is 17.2 Å². The number of amides is 3. The van der Waals surface area contributed by atoms with Crippen LogP contribution in [0.2, 0.25) is 0 Å². The van der Waals surface area contributed by atoms with E-state index in [9.17, 15) is 14.4 Å². The Kier molecular flexibility index (Phi) is 12.7. The highest BCUT2D eigenvalue weighted by Gasteiger charge is 2.26. The number of alkyl carbamates (subject to hydrolysis) is 1. The van der Waals surface area contributed by atoms with Crippen molar-refractivity contribution in [3.63, 3.8) is 0 Å². The van der Waals surface area contributed by atoms with Gasteiger partial charge in [-0.25, -0.2) is 4.79 Å². The van der Waals surface area contributed by atoms with E-state index < -0.39 is 30.0 Å². The number of carbonyl (C=O) groups is 3. The topological polar surface area (TPSA) is 111 Å². The summed E-state index contributed by atoms with van der Waals surface area (Å²) in [7, 11) is 0. The molecule has 7 nitrogen and oxygen atoms in total. The van der Waals surface area contributed by atoms with E-state index >= 15 is 0 Å². The van der Waals surface area contributed by atoms with E-state index in [1.54, 1.807) is 0 Å². The number of benzene rings is 1. The van der Waals surface area contributed by atoms with E-state index in [1.807, 2.05) is 50.3 Å². The summed E-state index contributed by atoms with van der Waals surface area (Å²) >= 11 is 0. The molecule has 0 unspecified atom stereocenters. The summed E-state index contributed by atoms with van der Waals surface area (Å²) in [5.74, 6) is -0.850. The van der Waals surface area contributed by atoms with Crippen LogP contribution in [0, 0.1) is 5.92 Å². The molecule has 0 saturated heterocycles. The number of allylic oxidation sites excluding steroid dienone is 1. The zero-order chi connectivity index (χ0) is 23.1. The number of unbranched alkanes of at least 4 members (excludes halogenated alkanes) is 4. The zero-order valence-electron chi connectivity index (χ0n) is 18.8. The van der Waals surface area contributed by atoms with E-state index in [0.29, 0.717) is 12.8 Å². The molecule has 7 heteroatoms. The molecule has 172 valence electrons. The van der Waals surface area contributed by atoms with Crippen molar-refractivity contribution in [3.05, 3.63) is 48.6 Å². The highest BCUT2D eigenvalue weighted by Crippen LogP contribution is 2.10. The minimum absolute atomic E-state index is 0.110. The largest absolute Gasteiger partial charge is 0.445 e. The fourth-order valence-corrected chi connectivity index (χ4v) is 3.16. The third-order valence-electron chi connectivity index (χ3n) is 4.84. The zero-order valence-corrected chi connectivity index (χ0v) is 18.8. The van der Waals surface area contributed by atoms with Crippen molar-refractivity contribution >= 4 is 17.9 Å². The maximum Gasteiger partial charge on any atom is 0.408 e. The molecule has 0 fully saturated rings. The molecule has 1 aromatic carbocycles. The highest BCUT2D eigenvalue weighted by atomic mass is 16.5. The molecule has 3 amide bonds. The summed E-state index contributed by atoms with van der Waals surface area (Å²) in [6, 6.07) is 7.72. The van der Waals surface area contributed by atoms with E-state index in [-0.39, 0.29) is 12.5 Å². The van der Waals surface area contributed by atoms with Gasteiger partial charge in [-0.15, -0.1) is 6.58 Å². The third kappa shape index (κ3) is 11.8. The van der Waals surface area contributed by atoms with Gasteiger partial charge in [0, 0.05) is 0 Å². The number of rotatable bonds is 15. The Bertz CT molecular complexity index is 691. The highest BCUT2D eigenvalue weighted by molar-refractivity contribution is 5.90. The molecular formula is C24H37N3O4. The van der Waals surface area contributed by atoms with Crippen molar-refractivity contribution < 1.29 is 19.1 Å². The number of carbonyl (C=O) groups excluding carboxylic acids is 3. The summed E-state index contributed by atoms with van der Waals surface area (Å²) in [5, 5.41) is 5.32. The van der Waals surface area contributed by atoms with Gasteiger partial charge in [-0.05, 0) is 37.2 Å². The van der Waals surface area contributed by atoms with Crippen molar-refractivity contribution in [2.75, 3.05) is 0 Å². The summed E-state index contributed by atoms with van der Waals surface area (Å²) in [4.78, 5) is 36.8. The molecule has 0 aliphatic carbocycles. The van der Waals surface area contributed by atoms with Crippen molar-refractivity contribution in [2.24, 2.45) is 11.7 Å². The molecule has 0 aliphatic heterocycles. The second-order valence-corrected chi connectivity index (χ2v) is 8.13. The Morgan fingerprint density at radius 3 is 2.32 bits per heavy atom. The molecule has 0 aliphatic rings. The second-order valence-electron chi connectivity index (χ2n) is 8.13. The SMILES string of the molecule is C=CCCCCCC[C@H](NC(=O)[C@H](CC(C)C)NC(=O)OCc1ccccc1)C(N)=O. The maximum absolute atomic E-state index is 12.8. The van der Waals surface area contributed by atoms with Crippen LogP contribution >= 0.6 is 0 Å². The predicted molar refractivity (Wildman–Crippen MR) is 122 cm³/mol. The Hall–Kier alpha value is -2.83. The first-order chi connectivity index (χ1) is 14.8. The van der Waals surface area contributed by atoms with Gasteiger partial charge >= 0.3 is 6.09 Å². The number of ether oxygens (including phenoxy) is 1. The van der Waals surface area contributed by atoms with Crippen LogP contribution < -0.4 is 16.4 Å². The molecule has 0 radical (unpaired) electrons. The van der Waals surface area contributed by atoms with Crippen LogP contribution in [0.3, 0.4) is 0 Å². The molecule has 2 atom stereocenters. The number of nitrogens with two attached hydrogens (primary N) is 1. The van der Waals surface area contributed by atoms with Gasteiger partial charge in [0.25, 0.3) is 0 Å². The summed E-state index contributed by atoms with van der Waals surface area (Å²) < 4.78 is 5.23. The van der Waals surface area contributed by atoms with Crippen LogP contribution in [-0.2, 0) is 20.9 Å². The lowest BCUT2D eigenvalue weighted by molar-refractivity contribution is -0.129. The van der Waals surface area contributed by atoms with Gasteiger partial charge in [0.15, 0.2) is 0 Å². The Balaban J connectivity index is 2.58. The van der Waals surface area contributed by atoms with Gasteiger partial charge in [-0.1, -0.05) is 69.5 Å². The Morgan fingerprint density at radius 1 is 1.03 bits per heavy atom. The van der Waals surface area contributed by atoms with E-state index in [0.717, 1.165) is 37.7 Å². The number of primary amides is 1. The maximum atomic E-state index is 12.8. The predicted octanol–water partition coefficient (Wildman–Crippen LogP) is 3.82. The molecular weight excluding hydrogens is 394 g/mol. The monoisotopic (exact) mass is 431 g/mol. The van der Waals surface area contributed by atoms with Crippen molar-refractivity contribution in [1.82, 2.24) is 10.6 Å². The molecule has 0 saturated carbocycles. The number of nitrogens with one attached hydrogen (secondary N) is 2. The summed E-state index contributed by atoms with van der Waals surface area (Å²) in [6.45, 7) is 7.71. The lowest BCUT2D eigenvalue weighted by Crippen LogP contribution is -2.53. The van der Waals surface area contributed by atoms with Crippen LogP contribution in [0.1, 0.15) is 64.4 Å². The Morgan fingerprint density at radius 2 is 1.71 bits per heavy atom. The van der Waals surface area contributed by atoms with Gasteiger partial charge in [0.2, 0.25) is 11.8 Å². The molecule has 1 rings (SSSR count). The fourth-order valence-electron chi connectivity index (χ4n) is 3.16. The Labute approximate surface area is 185 Å². The van der Waals surface area contributed by atoms with Gasteiger partial charge in [-0.3, -0.25) is 9.59 Å². The molecule has 0 heterocycles.